The summed E-state index contributed by atoms with van der Waals surface area (Å²) in [4.78, 5) is 20.0. The second kappa shape index (κ2) is 11.7. The average molecular weight is 644 g/mol. The normalized spacial score (nSPS) is 20.8. The number of rotatable bonds is 5. The molecule has 5 aromatic carbocycles. The molecule has 0 radical (unpaired) electrons. The van der Waals surface area contributed by atoms with Crippen LogP contribution in [0.4, 0.5) is 23.0 Å². The SMILES string of the molecule is C1=CC2c3cc(-c4ccc5c(c4)C4C=CC=CC4N5c4nc(-c5ccccc5)nc(-c5ccccc5)n4)ccc3N(c3ccccc3)C2C=C1. The number of allylic oxidation sites excluding steroid dienone is 4. The van der Waals surface area contributed by atoms with E-state index in [2.05, 4.69) is 149 Å². The van der Waals surface area contributed by atoms with E-state index < -0.39 is 0 Å². The lowest BCUT2D eigenvalue weighted by molar-refractivity contribution is 0.728. The van der Waals surface area contributed by atoms with Crippen LogP contribution in [0.1, 0.15) is 23.0 Å². The molecule has 0 N–H and O–H groups in total. The first-order chi connectivity index (χ1) is 24.8. The Bertz CT molecular complexity index is 2300. The zero-order valence-electron chi connectivity index (χ0n) is 27.3. The van der Waals surface area contributed by atoms with Crippen LogP contribution in [0, 0.1) is 0 Å². The van der Waals surface area contributed by atoms with Crippen LogP contribution in [0.2, 0.25) is 0 Å². The predicted octanol–water partition coefficient (Wildman–Crippen LogP) is 10.3. The summed E-state index contributed by atoms with van der Waals surface area (Å²) < 4.78 is 0. The molecule has 0 fully saturated rings. The van der Waals surface area contributed by atoms with Crippen molar-refractivity contribution >= 4 is 23.0 Å². The van der Waals surface area contributed by atoms with E-state index in [4.69, 9.17) is 15.0 Å². The van der Waals surface area contributed by atoms with Crippen LogP contribution >= 0.6 is 0 Å². The number of benzene rings is 5. The molecule has 0 amide bonds. The van der Waals surface area contributed by atoms with Crippen molar-refractivity contribution in [3.8, 4) is 33.9 Å². The molecular formula is C45H33N5. The van der Waals surface area contributed by atoms with E-state index in [9.17, 15) is 0 Å². The van der Waals surface area contributed by atoms with Gasteiger partial charge in [-0.15, -0.1) is 0 Å². The highest BCUT2D eigenvalue weighted by atomic mass is 15.3. The molecule has 4 atom stereocenters. The minimum absolute atomic E-state index is 0.0549. The maximum absolute atomic E-state index is 5.12. The standard InChI is InChI=1S/C45H33N5/c1-4-14-30(15-5-1)43-46-44(31-16-6-2-7-17-31)48-45(47-43)50-40-23-13-11-21-36(40)38-29-33(25-27-42(38)50)32-24-26-41-37(28-32)35-20-10-12-22-39(35)49(41)34-18-8-3-9-19-34/h1-29,35-36,39-40H. The van der Waals surface area contributed by atoms with Gasteiger partial charge >= 0.3 is 0 Å². The second-order valence-corrected chi connectivity index (χ2v) is 13.2. The van der Waals surface area contributed by atoms with Crippen molar-refractivity contribution in [3.05, 3.63) is 187 Å². The van der Waals surface area contributed by atoms with Gasteiger partial charge in [-0.2, -0.15) is 9.97 Å². The molecule has 4 aliphatic rings. The first-order valence-electron chi connectivity index (χ1n) is 17.3. The van der Waals surface area contributed by atoms with Gasteiger partial charge < -0.3 is 9.80 Å². The highest BCUT2D eigenvalue weighted by Gasteiger charge is 2.40. The van der Waals surface area contributed by atoms with E-state index in [0.717, 1.165) is 16.8 Å². The summed E-state index contributed by atoms with van der Waals surface area (Å²) in [5.74, 6) is 2.46. The number of para-hydroxylation sites is 1. The maximum atomic E-state index is 5.12. The summed E-state index contributed by atoms with van der Waals surface area (Å²) in [6.07, 6.45) is 17.9. The zero-order chi connectivity index (χ0) is 33.0. The van der Waals surface area contributed by atoms with Crippen LogP contribution < -0.4 is 9.80 Å². The van der Waals surface area contributed by atoms with Gasteiger partial charge in [-0.05, 0) is 58.7 Å². The Hall–Kier alpha value is -6.33. The highest BCUT2D eigenvalue weighted by Crippen LogP contribution is 2.51. The van der Waals surface area contributed by atoms with Gasteiger partial charge in [0.25, 0.3) is 0 Å². The van der Waals surface area contributed by atoms with Gasteiger partial charge in [0.1, 0.15) is 0 Å². The summed E-state index contributed by atoms with van der Waals surface area (Å²) in [6, 6.07) is 45.3. The van der Waals surface area contributed by atoms with Crippen LogP contribution in [0.5, 0.6) is 0 Å². The van der Waals surface area contributed by atoms with Crippen LogP contribution in [0.15, 0.2) is 176 Å². The Morgan fingerprint density at radius 1 is 0.400 bits per heavy atom. The molecular weight excluding hydrogens is 611 g/mol. The van der Waals surface area contributed by atoms with Crippen LogP contribution in [0.3, 0.4) is 0 Å². The molecule has 3 heterocycles. The molecule has 5 nitrogen and oxygen atoms in total. The van der Waals surface area contributed by atoms with Crippen molar-refractivity contribution in [2.24, 2.45) is 0 Å². The third-order valence-corrected chi connectivity index (χ3v) is 10.4. The smallest absolute Gasteiger partial charge is 0.234 e. The molecule has 0 saturated carbocycles. The van der Waals surface area contributed by atoms with E-state index in [-0.39, 0.29) is 18.0 Å². The third-order valence-electron chi connectivity index (χ3n) is 10.4. The lowest BCUT2D eigenvalue weighted by Gasteiger charge is -2.28. The van der Waals surface area contributed by atoms with E-state index >= 15 is 0 Å². The molecule has 0 spiro atoms. The van der Waals surface area contributed by atoms with Crippen molar-refractivity contribution in [2.75, 3.05) is 9.80 Å². The summed E-state index contributed by atoms with van der Waals surface area (Å²) in [5.41, 5.74) is 10.6. The van der Waals surface area contributed by atoms with Gasteiger partial charge in [0.2, 0.25) is 5.95 Å². The number of aromatic nitrogens is 3. The lowest BCUT2D eigenvalue weighted by atomic mass is 9.88. The van der Waals surface area contributed by atoms with Crippen LogP contribution in [-0.4, -0.2) is 27.0 Å². The van der Waals surface area contributed by atoms with Crippen molar-refractivity contribution < 1.29 is 0 Å². The predicted molar refractivity (Wildman–Crippen MR) is 203 cm³/mol. The molecule has 0 saturated heterocycles. The Balaban J connectivity index is 1.08. The minimum Gasteiger partial charge on any atom is -0.333 e. The summed E-state index contributed by atoms with van der Waals surface area (Å²) >= 11 is 0. The van der Waals surface area contributed by atoms with Gasteiger partial charge in [-0.1, -0.05) is 140 Å². The molecule has 2 aliphatic carbocycles. The Labute approximate surface area is 291 Å². The number of nitrogens with zero attached hydrogens (tertiary/aromatic N) is 5. The van der Waals surface area contributed by atoms with E-state index in [1.54, 1.807) is 0 Å². The second-order valence-electron chi connectivity index (χ2n) is 13.2. The van der Waals surface area contributed by atoms with Crippen molar-refractivity contribution in [1.29, 1.82) is 0 Å². The fourth-order valence-corrected chi connectivity index (χ4v) is 8.07. The fourth-order valence-electron chi connectivity index (χ4n) is 8.07. The fraction of sp³-hybridized carbons (Fsp3) is 0.0889. The van der Waals surface area contributed by atoms with Crippen molar-refractivity contribution in [3.63, 3.8) is 0 Å². The quantitative estimate of drug-likeness (QED) is 0.187. The summed E-state index contributed by atoms with van der Waals surface area (Å²) in [6.45, 7) is 0. The highest BCUT2D eigenvalue weighted by molar-refractivity contribution is 5.82. The molecule has 10 rings (SSSR count). The van der Waals surface area contributed by atoms with Crippen molar-refractivity contribution in [2.45, 2.75) is 23.9 Å². The van der Waals surface area contributed by atoms with E-state index in [0.29, 0.717) is 23.5 Å². The monoisotopic (exact) mass is 643 g/mol. The lowest BCUT2D eigenvalue weighted by Crippen LogP contribution is -2.30. The molecule has 6 aromatic rings. The number of hydrogen-bond acceptors (Lipinski definition) is 5. The van der Waals surface area contributed by atoms with Gasteiger partial charge in [0.15, 0.2) is 11.6 Å². The van der Waals surface area contributed by atoms with Gasteiger partial charge in [-0.25, -0.2) is 4.98 Å². The summed E-state index contributed by atoms with van der Waals surface area (Å²) in [7, 11) is 0. The molecule has 5 heteroatoms. The molecule has 1 aromatic heterocycles. The Morgan fingerprint density at radius 3 is 1.40 bits per heavy atom. The first-order valence-corrected chi connectivity index (χ1v) is 17.3. The van der Waals surface area contributed by atoms with E-state index in [1.807, 2.05) is 36.4 Å². The van der Waals surface area contributed by atoms with Crippen LogP contribution in [0.25, 0.3) is 33.9 Å². The first kappa shape index (κ1) is 28.7. The molecule has 2 aliphatic heterocycles. The average Bonchev–Trinajstić information content (AvgIpc) is 3.71. The minimum atomic E-state index is 0.0549. The molecule has 238 valence electrons. The van der Waals surface area contributed by atoms with Gasteiger partial charge in [0.05, 0.1) is 12.1 Å². The van der Waals surface area contributed by atoms with Gasteiger partial charge in [-0.3, -0.25) is 0 Å². The van der Waals surface area contributed by atoms with Crippen molar-refractivity contribution in [1.82, 2.24) is 15.0 Å². The third kappa shape index (κ3) is 4.66. The number of hydrogen-bond donors (Lipinski definition) is 0. The summed E-state index contributed by atoms with van der Waals surface area (Å²) in [5, 5.41) is 0. The van der Waals surface area contributed by atoms with E-state index in [1.165, 1.54) is 33.6 Å². The molecule has 50 heavy (non-hydrogen) atoms. The number of fused-ring (bicyclic) bond motifs is 6. The number of anilines is 4. The van der Waals surface area contributed by atoms with Gasteiger partial charge in [0, 0.05) is 40.0 Å². The largest absolute Gasteiger partial charge is 0.333 e. The topological polar surface area (TPSA) is 45.2 Å². The maximum Gasteiger partial charge on any atom is 0.234 e. The Kier molecular flexibility index (Phi) is 6.69. The molecule has 0 bridgehead atoms. The van der Waals surface area contributed by atoms with Crippen LogP contribution in [-0.2, 0) is 0 Å². The Morgan fingerprint density at radius 2 is 0.860 bits per heavy atom. The molecule has 4 unspecified atom stereocenters. The zero-order valence-corrected chi connectivity index (χ0v) is 27.3.